The van der Waals surface area contributed by atoms with Gasteiger partial charge in [0.15, 0.2) is 0 Å². The van der Waals surface area contributed by atoms with Gasteiger partial charge in [-0.15, -0.1) is 13.7 Å². The van der Waals surface area contributed by atoms with Crippen molar-refractivity contribution in [3.8, 4) is 0 Å². The normalized spacial score (nSPS) is 14.4. The third-order valence-corrected chi connectivity index (χ3v) is 4.90. The maximum atomic E-state index is 3.25. The van der Waals surface area contributed by atoms with Crippen LogP contribution in [0.4, 0.5) is 0 Å². The van der Waals surface area contributed by atoms with Crippen molar-refractivity contribution in [1.29, 1.82) is 0 Å². The van der Waals surface area contributed by atoms with Crippen molar-refractivity contribution in [2.75, 3.05) is 18.5 Å². The molecule has 1 rings (SSSR count). The highest BCUT2D eigenvalue weighted by atomic mass is 31.1. The zero-order valence-electron chi connectivity index (χ0n) is 8.01. The van der Waals surface area contributed by atoms with Crippen LogP contribution in [-0.2, 0) is 0 Å². The molecule has 0 aromatic carbocycles. The van der Waals surface area contributed by atoms with Crippen LogP contribution in [0.25, 0.3) is 0 Å². The first kappa shape index (κ1) is 9.78. The lowest BCUT2D eigenvalue weighted by Gasteiger charge is -2.11. The van der Waals surface area contributed by atoms with E-state index in [4.69, 9.17) is 0 Å². The standard InChI is InChI=1S/C11H17P/c1-3-12(4-2)10-9-11-7-5-6-8-11/h5-7H,3-4,9-10H2,1-2H3. The summed E-state index contributed by atoms with van der Waals surface area (Å²) in [7, 11) is 0.319. The molecule has 0 bridgehead atoms. The molecule has 0 heterocycles. The van der Waals surface area contributed by atoms with Crippen LogP contribution in [0.1, 0.15) is 20.3 Å². The number of hydrogen-bond donors (Lipinski definition) is 0. The minimum absolute atomic E-state index is 0.319. The van der Waals surface area contributed by atoms with E-state index in [1.807, 2.05) is 6.08 Å². The van der Waals surface area contributed by atoms with Gasteiger partial charge in [-0.2, -0.15) is 0 Å². The molecule has 0 aromatic heterocycles. The lowest BCUT2D eigenvalue weighted by molar-refractivity contribution is 1.15. The summed E-state index contributed by atoms with van der Waals surface area (Å²) in [5, 5.41) is 0. The first-order valence-corrected chi connectivity index (χ1v) is 6.61. The van der Waals surface area contributed by atoms with Gasteiger partial charge in [0, 0.05) is 0 Å². The molecule has 0 atom stereocenters. The maximum Gasteiger partial charge on any atom is -0.00566 e. The Morgan fingerprint density at radius 1 is 1.33 bits per heavy atom. The van der Waals surface area contributed by atoms with Gasteiger partial charge < -0.3 is 0 Å². The van der Waals surface area contributed by atoms with Crippen molar-refractivity contribution >= 4 is 7.92 Å². The molecule has 0 aromatic rings. The van der Waals surface area contributed by atoms with Crippen LogP contribution < -0.4 is 0 Å². The van der Waals surface area contributed by atoms with Crippen molar-refractivity contribution in [1.82, 2.24) is 0 Å². The number of rotatable bonds is 5. The molecule has 0 nitrogen and oxygen atoms in total. The van der Waals surface area contributed by atoms with Crippen LogP contribution in [0, 0.1) is 0 Å². The quantitative estimate of drug-likeness (QED) is 0.448. The molecule has 0 N–H and O–H groups in total. The van der Waals surface area contributed by atoms with Gasteiger partial charge in [0.2, 0.25) is 0 Å². The van der Waals surface area contributed by atoms with Crippen LogP contribution >= 0.6 is 7.92 Å². The van der Waals surface area contributed by atoms with E-state index in [2.05, 4.69) is 31.7 Å². The number of hydrogen-bond acceptors (Lipinski definition) is 0. The minimum atomic E-state index is 0.319. The molecule has 0 radical (unpaired) electrons. The first-order chi connectivity index (χ1) is 5.86. The van der Waals surface area contributed by atoms with Gasteiger partial charge in [-0.25, -0.2) is 0 Å². The van der Waals surface area contributed by atoms with E-state index in [9.17, 15) is 0 Å². The molecule has 66 valence electrons. The Bertz CT molecular complexity index is 215. The summed E-state index contributed by atoms with van der Waals surface area (Å²) < 4.78 is 0. The van der Waals surface area contributed by atoms with E-state index in [0.717, 1.165) is 0 Å². The molecule has 0 amide bonds. The zero-order chi connectivity index (χ0) is 8.81. The van der Waals surface area contributed by atoms with E-state index in [1.165, 1.54) is 30.5 Å². The molecule has 0 saturated heterocycles. The number of allylic oxidation sites excluding steroid dienone is 3. The Morgan fingerprint density at radius 3 is 2.58 bits per heavy atom. The lowest BCUT2D eigenvalue weighted by Crippen LogP contribution is -1.90. The topological polar surface area (TPSA) is 0 Å². The summed E-state index contributed by atoms with van der Waals surface area (Å²) in [6.07, 6.45) is 11.7. The zero-order valence-corrected chi connectivity index (χ0v) is 8.90. The van der Waals surface area contributed by atoms with Gasteiger partial charge in [0.1, 0.15) is 0 Å². The Balaban J connectivity index is 2.25. The average molecular weight is 180 g/mol. The summed E-state index contributed by atoms with van der Waals surface area (Å²) in [6.45, 7) is 4.62. The Hall–Kier alpha value is -0.310. The lowest BCUT2D eigenvalue weighted by atomic mass is 10.2. The summed E-state index contributed by atoms with van der Waals surface area (Å²) >= 11 is 0. The van der Waals surface area contributed by atoms with Crippen molar-refractivity contribution in [3.05, 3.63) is 29.5 Å². The molecule has 12 heavy (non-hydrogen) atoms. The SMILES string of the molecule is CCP(CC)CCC1=C=CC=C1. The van der Waals surface area contributed by atoms with Gasteiger partial charge >= 0.3 is 0 Å². The molecule has 1 heteroatoms. The van der Waals surface area contributed by atoms with Crippen molar-refractivity contribution in [3.63, 3.8) is 0 Å². The van der Waals surface area contributed by atoms with Crippen molar-refractivity contribution < 1.29 is 0 Å². The highest BCUT2D eigenvalue weighted by molar-refractivity contribution is 7.57. The monoisotopic (exact) mass is 180 g/mol. The highest BCUT2D eigenvalue weighted by Crippen LogP contribution is 2.35. The predicted octanol–water partition coefficient (Wildman–Crippen LogP) is 3.55. The van der Waals surface area contributed by atoms with Crippen LogP contribution in [0.2, 0.25) is 0 Å². The van der Waals surface area contributed by atoms with Crippen LogP contribution in [-0.4, -0.2) is 18.5 Å². The van der Waals surface area contributed by atoms with E-state index >= 15 is 0 Å². The molecular weight excluding hydrogens is 163 g/mol. The van der Waals surface area contributed by atoms with E-state index < -0.39 is 0 Å². The fourth-order valence-corrected chi connectivity index (χ4v) is 2.98. The second-order valence-corrected chi connectivity index (χ2v) is 6.03. The molecule has 0 aliphatic heterocycles. The first-order valence-electron chi connectivity index (χ1n) is 4.71. The van der Waals surface area contributed by atoms with E-state index in [-0.39, 0.29) is 0 Å². The van der Waals surface area contributed by atoms with Gasteiger partial charge in [0.05, 0.1) is 0 Å². The summed E-state index contributed by atoms with van der Waals surface area (Å²) in [6, 6.07) is 0. The van der Waals surface area contributed by atoms with Gasteiger partial charge in [-0.05, 0) is 36.6 Å². The molecule has 1 aliphatic rings. The smallest absolute Gasteiger partial charge is 0.00566 e. The van der Waals surface area contributed by atoms with Crippen LogP contribution in [0.3, 0.4) is 0 Å². The molecule has 0 fully saturated rings. The third kappa shape index (κ3) is 2.97. The van der Waals surface area contributed by atoms with Crippen LogP contribution in [0.15, 0.2) is 29.5 Å². The minimum Gasteiger partial charge on any atom is -0.117 e. The van der Waals surface area contributed by atoms with E-state index in [1.54, 1.807) is 0 Å². The molecule has 1 aliphatic carbocycles. The Morgan fingerprint density at radius 2 is 2.08 bits per heavy atom. The largest absolute Gasteiger partial charge is 0.117 e. The summed E-state index contributed by atoms with van der Waals surface area (Å²) in [5.41, 5.74) is 4.64. The maximum absolute atomic E-state index is 3.25. The van der Waals surface area contributed by atoms with Crippen molar-refractivity contribution in [2.24, 2.45) is 0 Å². The summed E-state index contributed by atoms with van der Waals surface area (Å²) in [4.78, 5) is 0. The van der Waals surface area contributed by atoms with Crippen molar-refractivity contribution in [2.45, 2.75) is 20.3 Å². The molecule has 0 spiro atoms. The van der Waals surface area contributed by atoms with E-state index in [0.29, 0.717) is 7.92 Å². The van der Waals surface area contributed by atoms with Gasteiger partial charge in [-0.3, -0.25) is 0 Å². The molecule has 0 unspecified atom stereocenters. The second-order valence-electron chi connectivity index (χ2n) is 2.97. The second kappa shape index (κ2) is 5.36. The van der Waals surface area contributed by atoms with Gasteiger partial charge in [-0.1, -0.05) is 26.0 Å². The summed E-state index contributed by atoms with van der Waals surface area (Å²) in [5.74, 6) is 0. The fraction of sp³-hybridized carbons (Fsp3) is 0.545. The highest BCUT2D eigenvalue weighted by Gasteiger charge is 2.03. The van der Waals surface area contributed by atoms with Gasteiger partial charge in [0.25, 0.3) is 0 Å². The van der Waals surface area contributed by atoms with Crippen LogP contribution in [0.5, 0.6) is 0 Å². The molecule has 0 saturated carbocycles. The average Bonchev–Trinajstić information content (AvgIpc) is 2.59. The fourth-order valence-electron chi connectivity index (χ4n) is 1.34. The Kier molecular flexibility index (Phi) is 4.36. The Labute approximate surface area is 76.8 Å². The predicted molar refractivity (Wildman–Crippen MR) is 58.2 cm³/mol. The third-order valence-electron chi connectivity index (χ3n) is 2.25. The molecular formula is C11H17P.